The zero-order valence-corrected chi connectivity index (χ0v) is 17.9. The molecule has 0 bridgehead atoms. The molecular formula is C22H21FN2O6S. The molecule has 1 fully saturated rings. The molecule has 1 saturated heterocycles. The second-order valence-corrected chi connectivity index (χ2v) is 9.45. The summed E-state index contributed by atoms with van der Waals surface area (Å²) < 4.78 is 57.3. The third kappa shape index (κ3) is 4.54. The van der Waals surface area contributed by atoms with Gasteiger partial charge in [-0.2, -0.15) is 9.57 Å². The Kier molecular flexibility index (Phi) is 6.30. The van der Waals surface area contributed by atoms with E-state index in [2.05, 4.69) is 0 Å². The predicted octanol–water partition coefficient (Wildman–Crippen LogP) is 2.61. The summed E-state index contributed by atoms with van der Waals surface area (Å²) in [6.45, 7) is 0.813. The van der Waals surface area contributed by atoms with Gasteiger partial charge in [0.15, 0.2) is 11.5 Å². The number of carbonyl (C=O) groups excluding carboxylic acids is 1. The van der Waals surface area contributed by atoms with E-state index in [1.807, 2.05) is 6.07 Å². The van der Waals surface area contributed by atoms with Crippen LogP contribution in [0.4, 0.5) is 4.39 Å². The lowest BCUT2D eigenvalue weighted by Gasteiger charge is -2.30. The number of hydrogen-bond acceptors (Lipinski definition) is 7. The topological polar surface area (TPSA) is 106 Å². The maximum atomic E-state index is 13.9. The zero-order valence-electron chi connectivity index (χ0n) is 17.1. The molecule has 2 aliphatic rings. The van der Waals surface area contributed by atoms with Crippen LogP contribution in [0, 0.1) is 23.1 Å². The minimum Gasteiger partial charge on any atom is -0.486 e. The molecule has 0 radical (unpaired) electrons. The molecule has 0 saturated carbocycles. The number of halogens is 1. The lowest BCUT2D eigenvalue weighted by molar-refractivity contribution is -0.151. The van der Waals surface area contributed by atoms with E-state index in [4.69, 9.17) is 19.5 Å². The minimum absolute atomic E-state index is 0.107. The molecule has 168 valence electrons. The van der Waals surface area contributed by atoms with Crippen molar-refractivity contribution in [2.24, 2.45) is 5.92 Å². The van der Waals surface area contributed by atoms with E-state index in [1.54, 1.807) is 6.07 Å². The van der Waals surface area contributed by atoms with Crippen molar-refractivity contribution in [3.63, 3.8) is 0 Å². The number of benzene rings is 2. The SMILES string of the molecule is N#Cc1ccc(F)c(COC(=O)C2CCN(S(=O)(=O)c3ccc4c(c3)OCCO4)CC2)c1. The van der Waals surface area contributed by atoms with Crippen LogP contribution in [-0.4, -0.2) is 45.0 Å². The van der Waals surface area contributed by atoms with Gasteiger partial charge in [0, 0.05) is 24.7 Å². The van der Waals surface area contributed by atoms with Gasteiger partial charge in [0.2, 0.25) is 10.0 Å². The van der Waals surface area contributed by atoms with E-state index >= 15 is 0 Å². The van der Waals surface area contributed by atoms with Gasteiger partial charge in [0.1, 0.15) is 25.6 Å². The Morgan fingerprint density at radius 1 is 1.12 bits per heavy atom. The highest BCUT2D eigenvalue weighted by Gasteiger charge is 2.33. The third-order valence-corrected chi connectivity index (χ3v) is 7.38. The van der Waals surface area contributed by atoms with Crippen LogP contribution in [-0.2, 0) is 26.2 Å². The third-order valence-electron chi connectivity index (χ3n) is 5.48. The van der Waals surface area contributed by atoms with Crippen molar-refractivity contribution in [3.8, 4) is 17.6 Å². The summed E-state index contributed by atoms with van der Waals surface area (Å²) in [5, 5.41) is 8.92. The molecular weight excluding hydrogens is 439 g/mol. The molecule has 0 aliphatic carbocycles. The van der Waals surface area contributed by atoms with Gasteiger partial charge in [-0.05, 0) is 43.2 Å². The van der Waals surface area contributed by atoms with Gasteiger partial charge in [-0.3, -0.25) is 4.79 Å². The molecule has 0 aromatic heterocycles. The number of sulfonamides is 1. The van der Waals surface area contributed by atoms with Crippen LogP contribution in [0.25, 0.3) is 0 Å². The fourth-order valence-corrected chi connectivity index (χ4v) is 5.17. The van der Waals surface area contributed by atoms with Crippen LogP contribution in [0.5, 0.6) is 11.5 Å². The van der Waals surface area contributed by atoms with Crippen LogP contribution in [0.15, 0.2) is 41.3 Å². The summed E-state index contributed by atoms with van der Waals surface area (Å²) in [6, 6.07) is 10.3. The lowest BCUT2D eigenvalue weighted by atomic mass is 9.98. The summed E-state index contributed by atoms with van der Waals surface area (Å²) in [4.78, 5) is 12.5. The summed E-state index contributed by atoms with van der Waals surface area (Å²) >= 11 is 0. The fraction of sp³-hybridized carbons (Fsp3) is 0.364. The van der Waals surface area contributed by atoms with Gasteiger partial charge in [-0.15, -0.1) is 0 Å². The molecule has 2 aliphatic heterocycles. The monoisotopic (exact) mass is 460 g/mol. The Balaban J connectivity index is 1.35. The van der Waals surface area contributed by atoms with E-state index < -0.39 is 27.7 Å². The molecule has 0 unspecified atom stereocenters. The first-order valence-electron chi connectivity index (χ1n) is 10.1. The summed E-state index contributed by atoms with van der Waals surface area (Å²) in [5.74, 6) is -0.652. The van der Waals surface area contributed by atoms with Gasteiger partial charge >= 0.3 is 5.97 Å². The molecule has 0 amide bonds. The number of rotatable bonds is 5. The molecule has 4 rings (SSSR count). The first kappa shape index (κ1) is 22.0. The largest absolute Gasteiger partial charge is 0.486 e. The normalized spacial score (nSPS) is 16.9. The number of carbonyl (C=O) groups is 1. The van der Waals surface area contributed by atoms with E-state index in [-0.39, 0.29) is 35.7 Å². The second kappa shape index (κ2) is 9.14. The number of nitriles is 1. The molecule has 0 atom stereocenters. The average molecular weight is 460 g/mol. The highest BCUT2D eigenvalue weighted by molar-refractivity contribution is 7.89. The number of fused-ring (bicyclic) bond motifs is 1. The van der Waals surface area contributed by atoms with Gasteiger partial charge < -0.3 is 14.2 Å². The number of hydrogen-bond donors (Lipinski definition) is 0. The summed E-state index contributed by atoms with van der Waals surface area (Å²) in [6.07, 6.45) is 0.590. The van der Waals surface area contributed by atoms with Crippen molar-refractivity contribution in [2.75, 3.05) is 26.3 Å². The smallest absolute Gasteiger partial charge is 0.309 e. The van der Waals surface area contributed by atoms with Crippen LogP contribution in [0.2, 0.25) is 0 Å². The molecule has 2 aromatic rings. The van der Waals surface area contributed by atoms with Crippen molar-refractivity contribution in [3.05, 3.63) is 53.3 Å². The van der Waals surface area contributed by atoms with Gasteiger partial charge in [-0.1, -0.05) is 0 Å². The van der Waals surface area contributed by atoms with Gasteiger partial charge in [0.05, 0.1) is 22.4 Å². The van der Waals surface area contributed by atoms with Gasteiger partial charge in [0.25, 0.3) is 0 Å². The van der Waals surface area contributed by atoms with Crippen LogP contribution in [0.1, 0.15) is 24.0 Å². The van der Waals surface area contributed by atoms with Crippen LogP contribution >= 0.6 is 0 Å². The maximum Gasteiger partial charge on any atom is 0.309 e. The number of ether oxygens (including phenoxy) is 3. The Hall–Kier alpha value is -3.16. The fourth-order valence-electron chi connectivity index (χ4n) is 3.69. The highest BCUT2D eigenvalue weighted by Crippen LogP contribution is 2.34. The molecule has 2 aromatic carbocycles. The summed E-state index contributed by atoms with van der Waals surface area (Å²) in [7, 11) is -3.75. The van der Waals surface area contributed by atoms with E-state index in [0.29, 0.717) is 37.6 Å². The number of piperidine rings is 1. The Morgan fingerprint density at radius 3 is 2.56 bits per heavy atom. The highest BCUT2D eigenvalue weighted by atomic mass is 32.2. The van der Waals surface area contributed by atoms with Crippen LogP contribution in [0.3, 0.4) is 0 Å². The van der Waals surface area contributed by atoms with E-state index in [1.165, 1.54) is 28.6 Å². The molecule has 10 heteroatoms. The van der Waals surface area contributed by atoms with E-state index in [9.17, 15) is 17.6 Å². The average Bonchev–Trinajstić information content (AvgIpc) is 2.83. The van der Waals surface area contributed by atoms with Crippen molar-refractivity contribution >= 4 is 16.0 Å². The lowest BCUT2D eigenvalue weighted by Crippen LogP contribution is -2.40. The van der Waals surface area contributed by atoms with Gasteiger partial charge in [-0.25, -0.2) is 12.8 Å². The summed E-state index contributed by atoms with van der Waals surface area (Å²) in [5.41, 5.74) is 0.395. The van der Waals surface area contributed by atoms with Crippen LogP contribution < -0.4 is 9.47 Å². The Morgan fingerprint density at radius 2 is 1.84 bits per heavy atom. The quantitative estimate of drug-likeness (QED) is 0.632. The van der Waals surface area contributed by atoms with Crippen molar-refractivity contribution in [2.45, 2.75) is 24.3 Å². The number of nitrogens with zero attached hydrogens (tertiary/aromatic N) is 2. The Bertz CT molecular complexity index is 1170. The standard InChI is InChI=1S/C22H21FN2O6S/c23-19-3-1-15(13-24)11-17(19)14-31-22(26)16-5-7-25(8-6-16)32(27,28)18-2-4-20-21(12-18)30-10-9-29-20/h1-4,11-12,16H,5-10,14H2. The van der Waals surface area contributed by atoms with Crippen molar-refractivity contribution in [1.29, 1.82) is 5.26 Å². The van der Waals surface area contributed by atoms with Crippen molar-refractivity contribution in [1.82, 2.24) is 4.31 Å². The zero-order chi connectivity index (χ0) is 22.7. The first-order valence-corrected chi connectivity index (χ1v) is 11.6. The molecule has 32 heavy (non-hydrogen) atoms. The minimum atomic E-state index is -3.75. The maximum absolute atomic E-state index is 13.9. The molecule has 8 nitrogen and oxygen atoms in total. The molecule has 0 N–H and O–H groups in total. The number of esters is 1. The Labute approximate surface area is 185 Å². The second-order valence-electron chi connectivity index (χ2n) is 7.51. The van der Waals surface area contributed by atoms with Crippen molar-refractivity contribution < 1.29 is 31.8 Å². The first-order chi connectivity index (χ1) is 15.4. The molecule has 0 spiro atoms. The predicted molar refractivity (Wildman–Crippen MR) is 110 cm³/mol. The molecule has 2 heterocycles. The van der Waals surface area contributed by atoms with E-state index in [0.717, 1.165) is 6.07 Å².